The van der Waals surface area contributed by atoms with Crippen molar-refractivity contribution in [2.75, 3.05) is 5.32 Å². The molecule has 1 aliphatic rings. The van der Waals surface area contributed by atoms with Crippen LogP contribution in [0.25, 0.3) is 17.5 Å². The molecule has 0 atom stereocenters. The number of carbonyl (C=O) groups is 1. The highest BCUT2D eigenvalue weighted by Crippen LogP contribution is 2.38. The summed E-state index contributed by atoms with van der Waals surface area (Å²) in [6.45, 7) is 0. The van der Waals surface area contributed by atoms with Crippen molar-refractivity contribution in [1.29, 1.82) is 0 Å². The van der Waals surface area contributed by atoms with Crippen molar-refractivity contribution in [3.05, 3.63) is 64.1 Å². The van der Waals surface area contributed by atoms with Crippen molar-refractivity contribution in [2.24, 2.45) is 0 Å². The van der Waals surface area contributed by atoms with Crippen molar-refractivity contribution in [3.63, 3.8) is 0 Å². The average molecular weight is 400 g/mol. The molecule has 1 aliphatic carbocycles. The molecule has 0 spiro atoms. The maximum atomic E-state index is 12.4. The second kappa shape index (κ2) is 7.50. The van der Waals surface area contributed by atoms with Gasteiger partial charge in [-0.05, 0) is 59.2 Å². The van der Waals surface area contributed by atoms with Crippen LogP contribution in [0.5, 0.6) is 0 Å². The maximum Gasteiger partial charge on any atom is 0.248 e. The van der Waals surface area contributed by atoms with E-state index in [0.29, 0.717) is 27.6 Å². The van der Waals surface area contributed by atoms with E-state index in [4.69, 9.17) is 23.2 Å². The molecule has 3 aromatic rings. The molecule has 6 nitrogen and oxygen atoms in total. The van der Waals surface area contributed by atoms with E-state index in [-0.39, 0.29) is 5.91 Å². The lowest BCUT2D eigenvalue weighted by molar-refractivity contribution is -0.111. The molecule has 1 fully saturated rings. The molecule has 0 aliphatic heterocycles. The summed E-state index contributed by atoms with van der Waals surface area (Å²) in [4.78, 5) is 12.4. The number of nitrogens with one attached hydrogen (secondary N) is 1. The summed E-state index contributed by atoms with van der Waals surface area (Å²) in [6, 6.07) is 13.0. The van der Waals surface area contributed by atoms with Gasteiger partial charge >= 0.3 is 0 Å². The van der Waals surface area contributed by atoms with Gasteiger partial charge in [0, 0.05) is 11.6 Å². The number of nitrogens with zero attached hydrogens (tertiary/aromatic N) is 4. The van der Waals surface area contributed by atoms with E-state index in [1.165, 1.54) is 6.08 Å². The fourth-order valence-electron chi connectivity index (χ4n) is 2.69. The molecule has 1 saturated carbocycles. The highest BCUT2D eigenvalue weighted by atomic mass is 35.5. The van der Waals surface area contributed by atoms with E-state index in [0.717, 1.165) is 24.0 Å². The molecule has 1 aromatic heterocycles. The minimum absolute atomic E-state index is 0.265. The Labute approximate surface area is 165 Å². The van der Waals surface area contributed by atoms with Gasteiger partial charge in [-0.25, -0.2) is 4.68 Å². The molecule has 4 rings (SSSR count). The lowest BCUT2D eigenvalue weighted by Gasteiger charge is -2.09. The summed E-state index contributed by atoms with van der Waals surface area (Å²) >= 11 is 11.9. The van der Waals surface area contributed by atoms with E-state index in [1.807, 2.05) is 28.9 Å². The topological polar surface area (TPSA) is 72.7 Å². The lowest BCUT2D eigenvalue weighted by Crippen LogP contribution is -2.10. The fraction of sp³-hybridized carbons (Fsp3) is 0.158. The number of rotatable bonds is 5. The van der Waals surface area contributed by atoms with Crippen LogP contribution in [0, 0.1) is 0 Å². The van der Waals surface area contributed by atoms with Crippen molar-refractivity contribution in [1.82, 2.24) is 20.2 Å². The van der Waals surface area contributed by atoms with E-state index < -0.39 is 0 Å². The minimum Gasteiger partial charge on any atom is -0.322 e. The van der Waals surface area contributed by atoms with Gasteiger partial charge in [-0.2, -0.15) is 0 Å². The summed E-state index contributed by atoms with van der Waals surface area (Å²) in [7, 11) is 0. The first-order valence-electron chi connectivity index (χ1n) is 8.43. The molecule has 0 unspecified atom stereocenters. The molecule has 0 saturated heterocycles. The van der Waals surface area contributed by atoms with Crippen LogP contribution in [-0.4, -0.2) is 26.1 Å². The summed E-state index contributed by atoms with van der Waals surface area (Å²) in [5.41, 5.74) is 2.22. The quantitative estimate of drug-likeness (QED) is 0.634. The van der Waals surface area contributed by atoms with Crippen LogP contribution in [0.1, 0.15) is 24.4 Å². The van der Waals surface area contributed by atoms with Gasteiger partial charge < -0.3 is 5.32 Å². The number of anilines is 1. The third kappa shape index (κ3) is 4.02. The van der Waals surface area contributed by atoms with Gasteiger partial charge in [0.05, 0.1) is 21.8 Å². The predicted octanol–water partition coefficient (Wildman–Crippen LogP) is 4.63. The van der Waals surface area contributed by atoms with Crippen molar-refractivity contribution in [2.45, 2.75) is 18.9 Å². The van der Waals surface area contributed by atoms with E-state index in [2.05, 4.69) is 20.8 Å². The SMILES string of the molecule is O=C(C=Cc1ccc(Cl)c(Cl)c1)Nc1ccccc1-c1nnnn1C1CC1. The molecule has 1 heterocycles. The number of halogens is 2. The first-order valence-corrected chi connectivity index (χ1v) is 9.19. The van der Waals surface area contributed by atoms with Gasteiger partial charge in [0.15, 0.2) is 5.82 Å². The third-order valence-electron chi connectivity index (χ3n) is 4.18. The Morgan fingerprint density at radius 1 is 1.15 bits per heavy atom. The Hall–Kier alpha value is -2.70. The zero-order valence-electron chi connectivity index (χ0n) is 14.1. The molecule has 2 aromatic carbocycles. The van der Waals surface area contributed by atoms with E-state index >= 15 is 0 Å². The Bertz CT molecular complexity index is 1030. The molecule has 27 heavy (non-hydrogen) atoms. The number of amides is 1. The normalized spacial score (nSPS) is 13.9. The molecule has 0 radical (unpaired) electrons. The van der Waals surface area contributed by atoms with Crippen molar-refractivity contribution >= 4 is 40.9 Å². The Morgan fingerprint density at radius 2 is 1.96 bits per heavy atom. The second-order valence-electron chi connectivity index (χ2n) is 6.22. The van der Waals surface area contributed by atoms with Gasteiger partial charge in [-0.1, -0.05) is 41.4 Å². The minimum atomic E-state index is -0.265. The summed E-state index contributed by atoms with van der Waals surface area (Å²) in [5.74, 6) is 0.390. The van der Waals surface area contributed by atoms with Crippen molar-refractivity contribution in [3.8, 4) is 11.4 Å². The Balaban J connectivity index is 1.54. The molecule has 1 amide bonds. The maximum absolute atomic E-state index is 12.4. The van der Waals surface area contributed by atoms with Crippen LogP contribution in [0.2, 0.25) is 10.0 Å². The average Bonchev–Trinajstić information content (AvgIpc) is 3.40. The number of benzene rings is 2. The lowest BCUT2D eigenvalue weighted by atomic mass is 10.1. The molecular formula is C19H15Cl2N5O. The molecule has 0 bridgehead atoms. The highest BCUT2D eigenvalue weighted by molar-refractivity contribution is 6.42. The standard InChI is InChI=1S/C19H15Cl2N5O/c20-15-9-5-12(11-16(15)21)6-10-18(27)22-17-4-2-1-3-14(17)19-23-24-25-26(19)13-7-8-13/h1-6,9-11,13H,7-8H2,(H,22,27). The molecule has 8 heteroatoms. The van der Waals surface area contributed by atoms with Crippen LogP contribution >= 0.6 is 23.2 Å². The Kier molecular flexibility index (Phi) is 4.92. The number of para-hydroxylation sites is 1. The largest absolute Gasteiger partial charge is 0.322 e. The summed E-state index contributed by atoms with van der Waals surface area (Å²) in [5, 5.41) is 15.8. The van der Waals surface area contributed by atoms with Crippen LogP contribution in [0.4, 0.5) is 5.69 Å². The molecular weight excluding hydrogens is 385 g/mol. The van der Waals surface area contributed by atoms with Gasteiger partial charge in [0.2, 0.25) is 5.91 Å². The fourth-order valence-corrected chi connectivity index (χ4v) is 2.99. The van der Waals surface area contributed by atoms with Crippen molar-refractivity contribution < 1.29 is 4.79 Å². The molecule has 1 N–H and O–H groups in total. The van der Waals surface area contributed by atoms with Gasteiger partial charge in [-0.15, -0.1) is 5.10 Å². The zero-order chi connectivity index (χ0) is 18.8. The first-order chi connectivity index (χ1) is 13.1. The van der Waals surface area contributed by atoms with Crippen LogP contribution < -0.4 is 5.32 Å². The van der Waals surface area contributed by atoms with Gasteiger partial charge in [-0.3, -0.25) is 4.79 Å². The predicted molar refractivity (Wildman–Crippen MR) is 106 cm³/mol. The second-order valence-corrected chi connectivity index (χ2v) is 7.03. The number of hydrogen-bond acceptors (Lipinski definition) is 4. The first kappa shape index (κ1) is 17.7. The van der Waals surface area contributed by atoms with Crippen LogP contribution in [0.15, 0.2) is 48.5 Å². The zero-order valence-corrected chi connectivity index (χ0v) is 15.7. The summed E-state index contributed by atoms with van der Waals surface area (Å²) in [6.07, 6.45) is 5.26. The third-order valence-corrected chi connectivity index (χ3v) is 4.92. The van der Waals surface area contributed by atoms with Gasteiger partial charge in [0.25, 0.3) is 0 Å². The van der Waals surface area contributed by atoms with Crippen LogP contribution in [0.3, 0.4) is 0 Å². The smallest absolute Gasteiger partial charge is 0.248 e. The summed E-state index contributed by atoms with van der Waals surface area (Å²) < 4.78 is 1.82. The monoisotopic (exact) mass is 399 g/mol. The van der Waals surface area contributed by atoms with E-state index in [9.17, 15) is 4.79 Å². The number of tetrazole rings is 1. The number of carbonyl (C=O) groups excluding carboxylic acids is 1. The highest BCUT2D eigenvalue weighted by Gasteiger charge is 2.28. The molecule has 136 valence electrons. The number of hydrogen-bond donors (Lipinski definition) is 1. The van der Waals surface area contributed by atoms with E-state index in [1.54, 1.807) is 24.3 Å². The Morgan fingerprint density at radius 3 is 2.74 bits per heavy atom. The van der Waals surface area contributed by atoms with Gasteiger partial charge in [0.1, 0.15) is 0 Å². The number of aromatic nitrogens is 4. The van der Waals surface area contributed by atoms with Crippen LogP contribution in [-0.2, 0) is 4.79 Å².